The molecule has 0 N–H and O–H groups in total. The number of ether oxygens (including phenoxy) is 3. The second-order valence-electron chi connectivity index (χ2n) is 8.24. The largest absolute Gasteiger partial charge is 0.465 e. The molecule has 1 fully saturated rings. The average molecular weight is 437 g/mol. The van der Waals surface area contributed by atoms with E-state index in [4.69, 9.17) is 19.2 Å². The molecule has 32 heavy (non-hydrogen) atoms. The number of carbonyl (C=O) groups excluding carboxylic acids is 1. The molecule has 168 valence electrons. The quantitative estimate of drug-likeness (QED) is 0.559. The van der Waals surface area contributed by atoms with Crippen LogP contribution < -0.4 is 10.3 Å². The molecule has 1 aliphatic heterocycles. The van der Waals surface area contributed by atoms with Crippen molar-refractivity contribution in [2.75, 3.05) is 6.61 Å². The highest BCUT2D eigenvalue weighted by atomic mass is 16.7. The van der Waals surface area contributed by atoms with Crippen LogP contribution in [-0.4, -0.2) is 34.5 Å². The van der Waals surface area contributed by atoms with Gasteiger partial charge in [-0.05, 0) is 62.9 Å². The Morgan fingerprint density at radius 1 is 1.19 bits per heavy atom. The predicted octanol–water partition coefficient (Wildman–Crippen LogP) is 4.15. The van der Waals surface area contributed by atoms with Gasteiger partial charge in [0.1, 0.15) is 18.2 Å². The van der Waals surface area contributed by atoms with E-state index in [1.54, 1.807) is 4.57 Å². The molecule has 0 amide bonds. The van der Waals surface area contributed by atoms with Crippen molar-refractivity contribution in [3.05, 3.63) is 63.7 Å². The maximum absolute atomic E-state index is 13.3. The van der Waals surface area contributed by atoms with Gasteiger partial charge in [-0.1, -0.05) is 12.1 Å². The van der Waals surface area contributed by atoms with Gasteiger partial charge in [0.2, 0.25) is 0 Å². The number of benzene rings is 2. The maximum atomic E-state index is 13.3. The van der Waals surface area contributed by atoms with Crippen molar-refractivity contribution in [3.63, 3.8) is 0 Å². The Kier molecular flexibility index (Phi) is 6.28. The first-order valence-corrected chi connectivity index (χ1v) is 10.9. The number of hydrogen-bond acceptors (Lipinski definition) is 6. The number of aryl methyl sites for hydroxylation is 3. The number of aromatic nitrogens is 2. The van der Waals surface area contributed by atoms with Crippen LogP contribution in [0.25, 0.3) is 16.6 Å². The first-order chi connectivity index (χ1) is 15.3. The van der Waals surface area contributed by atoms with Gasteiger partial charge in [0.25, 0.3) is 5.56 Å². The van der Waals surface area contributed by atoms with E-state index in [0.717, 1.165) is 35.9 Å². The van der Waals surface area contributed by atoms with Crippen molar-refractivity contribution in [2.24, 2.45) is 0 Å². The van der Waals surface area contributed by atoms with E-state index < -0.39 is 6.29 Å². The first-order valence-electron chi connectivity index (χ1n) is 10.9. The first kappa shape index (κ1) is 22.0. The number of esters is 1. The van der Waals surface area contributed by atoms with Crippen molar-refractivity contribution < 1.29 is 19.0 Å². The van der Waals surface area contributed by atoms with Crippen LogP contribution in [0, 0.1) is 20.8 Å². The molecule has 0 aliphatic carbocycles. The third kappa shape index (κ3) is 4.53. The zero-order valence-corrected chi connectivity index (χ0v) is 18.9. The van der Waals surface area contributed by atoms with Crippen LogP contribution in [0.2, 0.25) is 0 Å². The van der Waals surface area contributed by atoms with E-state index in [1.807, 2.05) is 57.2 Å². The van der Waals surface area contributed by atoms with Gasteiger partial charge in [0.05, 0.1) is 22.7 Å². The minimum atomic E-state index is -0.433. The van der Waals surface area contributed by atoms with Crippen LogP contribution in [0.15, 0.2) is 41.2 Å². The Balaban J connectivity index is 1.60. The minimum Gasteiger partial charge on any atom is -0.465 e. The van der Waals surface area contributed by atoms with Gasteiger partial charge in [-0.25, -0.2) is 4.98 Å². The lowest BCUT2D eigenvalue weighted by Crippen LogP contribution is -2.34. The van der Waals surface area contributed by atoms with E-state index in [9.17, 15) is 9.59 Å². The molecule has 2 heterocycles. The van der Waals surface area contributed by atoms with Gasteiger partial charge in [-0.15, -0.1) is 0 Å². The molecule has 1 aromatic heterocycles. The summed E-state index contributed by atoms with van der Waals surface area (Å²) in [5.41, 5.74) is 3.44. The second kappa shape index (κ2) is 9.12. The van der Waals surface area contributed by atoms with Crippen LogP contribution in [0.3, 0.4) is 0 Å². The molecule has 0 saturated carbocycles. The van der Waals surface area contributed by atoms with Crippen molar-refractivity contribution in [1.29, 1.82) is 0 Å². The maximum Gasteiger partial charge on any atom is 0.302 e. The number of fused-ring (bicyclic) bond motifs is 1. The topological polar surface area (TPSA) is 79.7 Å². The van der Waals surface area contributed by atoms with Crippen molar-refractivity contribution >= 4 is 16.9 Å². The van der Waals surface area contributed by atoms with Gasteiger partial charge in [0.15, 0.2) is 6.29 Å². The molecule has 2 aromatic carbocycles. The monoisotopic (exact) mass is 436 g/mol. The molecule has 3 aromatic rings. The number of nitrogens with zero attached hydrogens (tertiary/aromatic N) is 2. The summed E-state index contributed by atoms with van der Waals surface area (Å²) in [4.78, 5) is 29.1. The Morgan fingerprint density at radius 2 is 2.00 bits per heavy atom. The fourth-order valence-corrected chi connectivity index (χ4v) is 4.03. The molecule has 7 nitrogen and oxygen atoms in total. The lowest BCUT2D eigenvalue weighted by Gasteiger charge is -2.30. The number of hydrogen-bond donors (Lipinski definition) is 0. The Hall–Kier alpha value is -3.19. The second-order valence-corrected chi connectivity index (χ2v) is 8.24. The average Bonchev–Trinajstić information content (AvgIpc) is 2.76. The SMILES string of the molecule is CC(=O)OC[C@@H]1CCC[C@H](Oc2cccc(-n3c(C)nc4c(C)c(C)ccc4c3=O)c2)O1. The van der Waals surface area contributed by atoms with Crippen LogP contribution in [0.1, 0.15) is 43.1 Å². The molecular weight excluding hydrogens is 408 g/mol. The van der Waals surface area contributed by atoms with Crippen LogP contribution in [0.5, 0.6) is 5.75 Å². The van der Waals surface area contributed by atoms with Gasteiger partial charge in [0, 0.05) is 19.4 Å². The van der Waals surface area contributed by atoms with Crippen molar-refractivity contribution in [1.82, 2.24) is 9.55 Å². The summed E-state index contributed by atoms with van der Waals surface area (Å²) in [5.74, 6) is 0.898. The molecule has 1 aliphatic rings. The number of carbonyl (C=O) groups is 1. The Labute approximate surface area is 186 Å². The Bertz CT molecular complexity index is 1220. The van der Waals surface area contributed by atoms with Gasteiger partial charge in [-0.3, -0.25) is 14.2 Å². The summed E-state index contributed by atoms with van der Waals surface area (Å²) in [6.07, 6.45) is 1.88. The fourth-order valence-electron chi connectivity index (χ4n) is 4.03. The molecule has 0 unspecified atom stereocenters. The highest BCUT2D eigenvalue weighted by Gasteiger charge is 2.25. The molecule has 7 heteroatoms. The molecular formula is C25H28N2O5. The predicted molar refractivity (Wildman–Crippen MR) is 121 cm³/mol. The van der Waals surface area contributed by atoms with Gasteiger partial charge < -0.3 is 14.2 Å². The third-order valence-corrected chi connectivity index (χ3v) is 5.86. The highest BCUT2D eigenvalue weighted by molar-refractivity contribution is 5.82. The Morgan fingerprint density at radius 3 is 2.78 bits per heavy atom. The molecule has 4 rings (SSSR count). The van der Waals surface area contributed by atoms with Gasteiger partial charge >= 0.3 is 5.97 Å². The summed E-state index contributed by atoms with van der Waals surface area (Å²) in [5, 5.41) is 0.592. The zero-order valence-electron chi connectivity index (χ0n) is 18.9. The molecule has 0 radical (unpaired) electrons. The van der Waals surface area contributed by atoms with Gasteiger partial charge in [-0.2, -0.15) is 0 Å². The lowest BCUT2D eigenvalue weighted by atomic mass is 10.1. The van der Waals surface area contributed by atoms with E-state index in [-0.39, 0.29) is 24.2 Å². The standard InChI is InChI=1S/C25H28N2O5/c1-15-11-12-22-24(16(15)2)26-17(3)27(25(22)29)19-7-5-8-20(13-19)31-23-10-6-9-21(32-23)14-30-18(4)28/h5,7-8,11-13,21,23H,6,9-10,14H2,1-4H3/t21-,23+/m0/s1. The summed E-state index contributed by atoms with van der Waals surface area (Å²) >= 11 is 0. The zero-order chi connectivity index (χ0) is 22.8. The number of rotatable bonds is 5. The third-order valence-electron chi connectivity index (χ3n) is 5.86. The fraction of sp³-hybridized carbons (Fsp3) is 0.400. The van der Waals surface area contributed by atoms with E-state index >= 15 is 0 Å². The summed E-state index contributed by atoms with van der Waals surface area (Å²) in [6, 6.07) is 11.2. The minimum absolute atomic E-state index is 0.108. The van der Waals surface area contributed by atoms with Crippen molar-refractivity contribution in [3.8, 4) is 11.4 Å². The smallest absolute Gasteiger partial charge is 0.302 e. The van der Waals surface area contributed by atoms with Crippen LogP contribution in [-0.2, 0) is 14.3 Å². The molecule has 2 atom stereocenters. The normalized spacial score (nSPS) is 18.5. The summed E-state index contributed by atoms with van der Waals surface area (Å²) < 4.78 is 18.7. The highest BCUT2D eigenvalue weighted by Crippen LogP contribution is 2.25. The molecule has 0 spiro atoms. The lowest BCUT2D eigenvalue weighted by molar-refractivity contribution is -0.172. The van der Waals surface area contributed by atoms with E-state index in [1.165, 1.54) is 6.92 Å². The van der Waals surface area contributed by atoms with Crippen LogP contribution >= 0.6 is 0 Å². The van der Waals surface area contributed by atoms with Crippen molar-refractivity contribution in [2.45, 2.75) is 59.4 Å². The summed E-state index contributed by atoms with van der Waals surface area (Å²) in [7, 11) is 0. The summed E-state index contributed by atoms with van der Waals surface area (Å²) in [6.45, 7) is 7.45. The van der Waals surface area contributed by atoms with E-state index in [2.05, 4.69) is 0 Å². The molecule has 1 saturated heterocycles. The van der Waals surface area contributed by atoms with Crippen LogP contribution in [0.4, 0.5) is 0 Å². The van der Waals surface area contributed by atoms with E-state index in [0.29, 0.717) is 22.6 Å². The molecule has 0 bridgehead atoms.